The standard InChI is InChI=1S/C12H8N2S2/c1-2-5-9(6-3-1)12-11(13-14-16-12)10-7-4-8-15-10/h1-8H. The van der Waals surface area contributed by atoms with E-state index in [1.807, 2.05) is 24.3 Å². The van der Waals surface area contributed by atoms with E-state index in [1.165, 1.54) is 22.0 Å². The summed E-state index contributed by atoms with van der Waals surface area (Å²) in [7, 11) is 0. The summed E-state index contributed by atoms with van der Waals surface area (Å²) < 4.78 is 4.05. The molecule has 0 spiro atoms. The van der Waals surface area contributed by atoms with E-state index < -0.39 is 0 Å². The van der Waals surface area contributed by atoms with Gasteiger partial charge >= 0.3 is 0 Å². The Labute approximate surface area is 101 Å². The van der Waals surface area contributed by atoms with Crippen LogP contribution in [0.15, 0.2) is 47.8 Å². The fourth-order valence-corrected chi connectivity index (χ4v) is 3.01. The molecule has 2 aromatic heterocycles. The van der Waals surface area contributed by atoms with E-state index in [1.54, 1.807) is 11.3 Å². The molecule has 2 heterocycles. The topological polar surface area (TPSA) is 25.8 Å². The summed E-state index contributed by atoms with van der Waals surface area (Å²) >= 11 is 3.14. The number of nitrogens with zero attached hydrogens (tertiary/aromatic N) is 2. The first-order valence-electron chi connectivity index (χ1n) is 4.87. The molecular formula is C12H8N2S2. The average molecular weight is 244 g/mol. The lowest BCUT2D eigenvalue weighted by atomic mass is 10.1. The highest BCUT2D eigenvalue weighted by Gasteiger charge is 2.12. The zero-order valence-corrected chi connectivity index (χ0v) is 9.96. The van der Waals surface area contributed by atoms with Gasteiger partial charge in [0.15, 0.2) is 0 Å². The molecule has 3 aromatic rings. The molecule has 0 radical (unpaired) electrons. The molecule has 0 amide bonds. The van der Waals surface area contributed by atoms with Gasteiger partial charge in [-0.2, -0.15) is 0 Å². The van der Waals surface area contributed by atoms with Crippen LogP contribution in [0.1, 0.15) is 0 Å². The molecule has 3 rings (SSSR count). The number of hydrogen-bond acceptors (Lipinski definition) is 4. The lowest BCUT2D eigenvalue weighted by Gasteiger charge is -1.98. The lowest BCUT2D eigenvalue weighted by Crippen LogP contribution is -1.77. The second-order valence-electron chi connectivity index (χ2n) is 3.29. The van der Waals surface area contributed by atoms with Crippen LogP contribution in [0.3, 0.4) is 0 Å². The van der Waals surface area contributed by atoms with Gasteiger partial charge in [-0.1, -0.05) is 40.9 Å². The van der Waals surface area contributed by atoms with Gasteiger partial charge in [0.2, 0.25) is 0 Å². The number of thiophene rings is 1. The minimum Gasteiger partial charge on any atom is -0.142 e. The van der Waals surface area contributed by atoms with Crippen molar-refractivity contribution in [3.63, 3.8) is 0 Å². The second kappa shape index (κ2) is 4.15. The van der Waals surface area contributed by atoms with Gasteiger partial charge in [-0.15, -0.1) is 16.4 Å². The molecule has 0 aliphatic rings. The Bertz CT molecular complexity index is 570. The van der Waals surface area contributed by atoms with Crippen LogP contribution < -0.4 is 0 Å². The molecule has 16 heavy (non-hydrogen) atoms. The minimum absolute atomic E-state index is 0.992. The number of hydrogen-bond donors (Lipinski definition) is 0. The van der Waals surface area contributed by atoms with E-state index in [9.17, 15) is 0 Å². The molecule has 0 bridgehead atoms. The normalized spacial score (nSPS) is 10.5. The maximum Gasteiger partial charge on any atom is 0.123 e. The molecule has 0 saturated carbocycles. The van der Waals surface area contributed by atoms with Crippen molar-refractivity contribution in [3.05, 3.63) is 47.8 Å². The molecule has 0 N–H and O–H groups in total. The highest BCUT2D eigenvalue weighted by atomic mass is 32.1. The van der Waals surface area contributed by atoms with Gasteiger partial charge in [-0.05, 0) is 28.5 Å². The van der Waals surface area contributed by atoms with Crippen LogP contribution >= 0.6 is 22.9 Å². The summed E-state index contributed by atoms with van der Waals surface area (Å²) in [4.78, 5) is 2.32. The highest BCUT2D eigenvalue weighted by molar-refractivity contribution is 7.14. The van der Waals surface area contributed by atoms with Gasteiger partial charge in [0.1, 0.15) is 5.69 Å². The molecule has 4 heteroatoms. The smallest absolute Gasteiger partial charge is 0.123 e. The lowest BCUT2D eigenvalue weighted by molar-refractivity contribution is 1.17. The maximum atomic E-state index is 4.21. The average Bonchev–Trinajstić information content (AvgIpc) is 3.01. The SMILES string of the molecule is c1ccc(-c2snnc2-c2cccs2)cc1. The minimum atomic E-state index is 0.992. The first-order chi connectivity index (χ1) is 7.95. The largest absolute Gasteiger partial charge is 0.142 e. The van der Waals surface area contributed by atoms with E-state index >= 15 is 0 Å². The van der Waals surface area contributed by atoms with Gasteiger partial charge in [-0.3, -0.25) is 0 Å². The van der Waals surface area contributed by atoms with Gasteiger partial charge < -0.3 is 0 Å². The van der Waals surface area contributed by atoms with Crippen molar-refractivity contribution < 1.29 is 0 Å². The third-order valence-electron chi connectivity index (χ3n) is 2.28. The molecule has 0 unspecified atom stereocenters. The number of aromatic nitrogens is 2. The van der Waals surface area contributed by atoms with E-state index in [2.05, 4.69) is 33.2 Å². The van der Waals surface area contributed by atoms with E-state index in [0.717, 1.165) is 10.6 Å². The Morgan fingerprint density at radius 3 is 2.56 bits per heavy atom. The van der Waals surface area contributed by atoms with Gasteiger partial charge in [0.05, 0.1) is 9.75 Å². The van der Waals surface area contributed by atoms with Crippen LogP contribution in [-0.4, -0.2) is 9.59 Å². The Morgan fingerprint density at radius 1 is 0.938 bits per heavy atom. The van der Waals surface area contributed by atoms with E-state index in [0.29, 0.717) is 0 Å². The summed E-state index contributed by atoms with van der Waals surface area (Å²) in [6.45, 7) is 0. The van der Waals surface area contributed by atoms with Crippen molar-refractivity contribution in [1.82, 2.24) is 9.59 Å². The van der Waals surface area contributed by atoms with Crippen LogP contribution in [0.2, 0.25) is 0 Å². The first kappa shape index (κ1) is 9.69. The van der Waals surface area contributed by atoms with Crippen LogP contribution in [0.5, 0.6) is 0 Å². The van der Waals surface area contributed by atoms with Crippen LogP contribution in [-0.2, 0) is 0 Å². The van der Waals surface area contributed by atoms with Crippen LogP contribution in [0, 0.1) is 0 Å². The predicted octanol–water partition coefficient (Wildman–Crippen LogP) is 3.93. The summed E-state index contributed by atoms with van der Waals surface area (Å²) in [6.07, 6.45) is 0. The Morgan fingerprint density at radius 2 is 1.81 bits per heavy atom. The second-order valence-corrected chi connectivity index (χ2v) is 5.00. The molecule has 0 saturated heterocycles. The van der Waals surface area contributed by atoms with Crippen molar-refractivity contribution in [3.8, 4) is 21.0 Å². The molecule has 2 nitrogen and oxygen atoms in total. The first-order valence-corrected chi connectivity index (χ1v) is 6.52. The van der Waals surface area contributed by atoms with Crippen LogP contribution in [0.4, 0.5) is 0 Å². The molecular weight excluding hydrogens is 236 g/mol. The zero-order valence-electron chi connectivity index (χ0n) is 8.33. The van der Waals surface area contributed by atoms with Gasteiger partial charge in [-0.25, -0.2) is 0 Å². The Kier molecular flexibility index (Phi) is 2.52. The van der Waals surface area contributed by atoms with Crippen molar-refractivity contribution >= 4 is 22.9 Å². The molecule has 0 aliphatic carbocycles. The zero-order chi connectivity index (χ0) is 10.8. The molecule has 0 aliphatic heterocycles. The summed E-state index contributed by atoms with van der Waals surface area (Å²) in [5, 5.41) is 6.27. The molecule has 0 fully saturated rings. The quantitative estimate of drug-likeness (QED) is 0.682. The molecule has 0 atom stereocenters. The van der Waals surface area contributed by atoms with E-state index in [4.69, 9.17) is 0 Å². The monoisotopic (exact) mass is 244 g/mol. The van der Waals surface area contributed by atoms with Gasteiger partial charge in [0, 0.05) is 0 Å². The summed E-state index contributed by atoms with van der Waals surface area (Å²) in [5.74, 6) is 0. The summed E-state index contributed by atoms with van der Waals surface area (Å²) in [6, 6.07) is 14.4. The highest BCUT2D eigenvalue weighted by Crippen LogP contribution is 2.34. The third kappa shape index (κ3) is 1.66. The number of benzene rings is 1. The van der Waals surface area contributed by atoms with E-state index in [-0.39, 0.29) is 0 Å². The summed E-state index contributed by atoms with van der Waals surface area (Å²) in [5.41, 5.74) is 2.17. The van der Waals surface area contributed by atoms with Crippen molar-refractivity contribution in [2.45, 2.75) is 0 Å². The number of rotatable bonds is 2. The van der Waals surface area contributed by atoms with Gasteiger partial charge in [0.25, 0.3) is 0 Å². The molecule has 78 valence electrons. The third-order valence-corrected chi connectivity index (χ3v) is 3.93. The Balaban J connectivity index is 2.14. The van der Waals surface area contributed by atoms with Crippen molar-refractivity contribution in [1.29, 1.82) is 0 Å². The van der Waals surface area contributed by atoms with Crippen molar-refractivity contribution in [2.24, 2.45) is 0 Å². The fraction of sp³-hybridized carbons (Fsp3) is 0. The molecule has 1 aromatic carbocycles. The Hall–Kier alpha value is -1.52. The maximum absolute atomic E-state index is 4.21. The predicted molar refractivity (Wildman–Crippen MR) is 68.7 cm³/mol. The fourth-order valence-electron chi connectivity index (χ4n) is 1.54. The van der Waals surface area contributed by atoms with Crippen LogP contribution in [0.25, 0.3) is 21.0 Å². The van der Waals surface area contributed by atoms with Crippen molar-refractivity contribution in [2.75, 3.05) is 0 Å².